The van der Waals surface area contributed by atoms with E-state index in [0.717, 1.165) is 68.9 Å². The number of aliphatic hydroxyl groups excluding tert-OH is 1. The quantitative estimate of drug-likeness (QED) is 0.658. The lowest BCUT2D eigenvalue weighted by Gasteiger charge is -2.29. The van der Waals surface area contributed by atoms with E-state index in [0.29, 0.717) is 0 Å². The van der Waals surface area contributed by atoms with Crippen molar-refractivity contribution in [1.82, 2.24) is 20.1 Å². The van der Waals surface area contributed by atoms with Crippen molar-refractivity contribution in [2.45, 2.75) is 51.3 Å². The number of hydrogen-bond acceptors (Lipinski definition) is 5. The number of aliphatic hydroxyl groups is 1. The number of amides is 2. The molecule has 3 aliphatic rings. The van der Waals surface area contributed by atoms with Crippen molar-refractivity contribution in [3.05, 3.63) is 47.3 Å². The first kappa shape index (κ1) is 19.8. The lowest BCUT2D eigenvalue weighted by atomic mass is 10.0. The van der Waals surface area contributed by atoms with Crippen LogP contribution in [0, 0.1) is 0 Å². The van der Waals surface area contributed by atoms with Gasteiger partial charge >= 0.3 is 6.03 Å². The first-order valence-corrected chi connectivity index (χ1v) is 10.8. The van der Waals surface area contributed by atoms with E-state index in [1.165, 1.54) is 12.0 Å². The van der Waals surface area contributed by atoms with Crippen molar-refractivity contribution in [2.24, 2.45) is 0 Å². The second-order valence-corrected chi connectivity index (χ2v) is 7.95. The molecule has 0 aliphatic carbocycles. The minimum absolute atomic E-state index is 0.0390. The van der Waals surface area contributed by atoms with E-state index in [9.17, 15) is 9.90 Å². The fourth-order valence-corrected chi connectivity index (χ4v) is 4.39. The van der Waals surface area contributed by atoms with Crippen molar-refractivity contribution in [3.63, 3.8) is 0 Å². The number of carbonyl (C=O) groups excluding carboxylic acids is 1. The SMILES string of the molecule is CCC(C1=CNC(O)C=C1)N1CCN(CCCc2ccc3c(n2)NCCC3)C1=O. The van der Waals surface area contributed by atoms with Crippen LogP contribution < -0.4 is 10.6 Å². The zero-order valence-electron chi connectivity index (χ0n) is 17.1. The lowest BCUT2D eigenvalue weighted by Crippen LogP contribution is -2.41. The van der Waals surface area contributed by atoms with E-state index in [4.69, 9.17) is 4.98 Å². The van der Waals surface area contributed by atoms with Gasteiger partial charge in [-0.25, -0.2) is 9.78 Å². The summed E-state index contributed by atoms with van der Waals surface area (Å²) in [6.07, 6.45) is 9.73. The first-order valence-electron chi connectivity index (χ1n) is 10.8. The molecule has 2 amide bonds. The molecule has 7 nitrogen and oxygen atoms in total. The minimum atomic E-state index is -0.644. The molecule has 7 heteroatoms. The van der Waals surface area contributed by atoms with Crippen LogP contribution in [0.3, 0.4) is 0 Å². The lowest BCUT2D eigenvalue weighted by molar-refractivity contribution is 0.180. The van der Waals surface area contributed by atoms with Gasteiger partial charge in [-0.05, 0) is 55.4 Å². The molecule has 0 radical (unpaired) electrons. The molecule has 1 saturated heterocycles. The summed E-state index contributed by atoms with van der Waals surface area (Å²) in [6.45, 7) is 5.35. The smallest absolute Gasteiger partial charge is 0.320 e. The number of anilines is 1. The maximum Gasteiger partial charge on any atom is 0.320 e. The minimum Gasteiger partial charge on any atom is -0.370 e. The Hall–Kier alpha value is -2.54. The second kappa shape index (κ2) is 8.86. The Balaban J connectivity index is 1.30. The fourth-order valence-electron chi connectivity index (χ4n) is 4.39. The molecule has 0 saturated carbocycles. The zero-order valence-corrected chi connectivity index (χ0v) is 17.1. The van der Waals surface area contributed by atoms with Crippen LogP contribution in [0.5, 0.6) is 0 Å². The van der Waals surface area contributed by atoms with Gasteiger partial charge in [0.2, 0.25) is 0 Å². The van der Waals surface area contributed by atoms with Crippen molar-refractivity contribution in [3.8, 4) is 0 Å². The highest BCUT2D eigenvalue weighted by Crippen LogP contribution is 2.23. The summed E-state index contributed by atoms with van der Waals surface area (Å²) >= 11 is 0. The molecule has 4 rings (SSSR count). The molecular weight excluding hydrogens is 366 g/mol. The fraction of sp³-hybridized carbons (Fsp3) is 0.545. The number of nitrogens with one attached hydrogen (secondary N) is 2. The molecule has 1 aromatic rings. The van der Waals surface area contributed by atoms with Gasteiger partial charge in [-0.3, -0.25) is 0 Å². The molecular formula is C22H31N5O2. The van der Waals surface area contributed by atoms with E-state index in [-0.39, 0.29) is 12.1 Å². The maximum absolute atomic E-state index is 13.0. The molecule has 3 N–H and O–H groups in total. The molecule has 4 heterocycles. The standard InChI is InChI=1S/C22H31N5O2/c1-2-19(17-8-10-20(28)24-15-17)27-14-13-26(22(27)29)12-4-6-18-9-7-16-5-3-11-23-21(16)25-18/h7-10,15,19-20,24,28H,2-6,11-14H2,1H3,(H,23,25). The Kier molecular flexibility index (Phi) is 6.04. The van der Waals surface area contributed by atoms with Crippen molar-refractivity contribution in [1.29, 1.82) is 0 Å². The zero-order chi connectivity index (χ0) is 20.2. The van der Waals surface area contributed by atoms with Crippen LogP contribution in [-0.2, 0) is 12.8 Å². The van der Waals surface area contributed by atoms with E-state index < -0.39 is 6.23 Å². The number of rotatable bonds is 7. The Morgan fingerprint density at radius 3 is 3.03 bits per heavy atom. The summed E-state index contributed by atoms with van der Waals surface area (Å²) in [7, 11) is 0. The molecule has 156 valence electrons. The van der Waals surface area contributed by atoms with Crippen LogP contribution in [0.15, 0.2) is 36.1 Å². The summed E-state index contributed by atoms with van der Waals surface area (Å²) in [6, 6.07) is 4.46. The topological polar surface area (TPSA) is 80.7 Å². The summed E-state index contributed by atoms with van der Waals surface area (Å²) < 4.78 is 0. The molecule has 0 bridgehead atoms. The predicted octanol–water partition coefficient (Wildman–Crippen LogP) is 2.25. The number of fused-ring (bicyclic) bond motifs is 1. The monoisotopic (exact) mass is 397 g/mol. The summed E-state index contributed by atoms with van der Waals surface area (Å²) in [5.74, 6) is 1.04. The number of nitrogens with zero attached hydrogens (tertiary/aromatic N) is 3. The largest absolute Gasteiger partial charge is 0.370 e. The van der Waals surface area contributed by atoms with Gasteiger partial charge in [-0.1, -0.05) is 19.1 Å². The van der Waals surface area contributed by atoms with Crippen LogP contribution in [0.1, 0.15) is 37.4 Å². The number of pyridine rings is 1. The summed E-state index contributed by atoms with van der Waals surface area (Å²) in [4.78, 5) is 21.6. The Morgan fingerprint density at radius 2 is 2.24 bits per heavy atom. The maximum atomic E-state index is 13.0. The van der Waals surface area contributed by atoms with Gasteiger partial charge in [0, 0.05) is 38.1 Å². The van der Waals surface area contributed by atoms with Crippen molar-refractivity contribution < 1.29 is 9.90 Å². The van der Waals surface area contributed by atoms with Crippen LogP contribution in [0.2, 0.25) is 0 Å². The normalized spacial score (nSPS) is 22.1. The number of aryl methyl sites for hydroxylation is 2. The van der Waals surface area contributed by atoms with Gasteiger partial charge in [0.15, 0.2) is 0 Å². The van der Waals surface area contributed by atoms with E-state index in [1.807, 2.05) is 22.1 Å². The van der Waals surface area contributed by atoms with E-state index in [1.54, 1.807) is 6.08 Å². The third kappa shape index (κ3) is 4.40. The predicted molar refractivity (Wildman–Crippen MR) is 113 cm³/mol. The molecule has 0 aromatic carbocycles. The average Bonchev–Trinajstić information content (AvgIpc) is 3.10. The Morgan fingerprint density at radius 1 is 1.34 bits per heavy atom. The average molecular weight is 398 g/mol. The van der Waals surface area contributed by atoms with E-state index >= 15 is 0 Å². The molecule has 3 aliphatic heterocycles. The van der Waals surface area contributed by atoms with Gasteiger partial charge in [0.1, 0.15) is 12.0 Å². The third-order valence-electron chi connectivity index (χ3n) is 5.98. The molecule has 1 fully saturated rings. The number of urea groups is 1. The van der Waals surface area contributed by atoms with Crippen LogP contribution in [0.25, 0.3) is 0 Å². The van der Waals surface area contributed by atoms with Gasteiger partial charge in [0.05, 0.1) is 6.04 Å². The van der Waals surface area contributed by atoms with Gasteiger partial charge in [0.25, 0.3) is 0 Å². The number of hydrogen-bond donors (Lipinski definition) is 3. The van der Waals surface area contributed by atoms with Gasteiger partial charge < -0.3 is 25.5 Å². The molecule has 1 aromatic heterocycles. The molecule has 2 unspecified atom stereocenters. The van der Waals surface area contributed by atoms with Gasteiger partial charge in [-0.15, -0.1) is 0 Å². The van der Waals surface area contributed by atoms with Crippen molar-refractivity contribution >= 4 is 11.8 Å². The van der Waals surface area contributed by atoms with Gasteiger partial charge in [-0.2, -0.15) is 0 Å². The first-order chi connectivity index (χ1) is 14.2. The van der Waals surface area contributed by atoms with E-state index in [2.05, 4.69) is 29.7 Å². The highest BCUT2D eigenvalue weighted by atomic mass is 16.3. The number of carbonyl (C=O) groups is 1. The van der Waals surface area contributed by atoms with Crippen LogP contribution >= 0.6 is 0 Å². The third-order valence-corrected chi connectivity index (χ3v) is 5.98. The summed E-state index contributed by atoms with van der Waals surface area (Å²) in [5.41, 5.74) is 3.44. The molecule has 0 spiro atoms. The van der Waals surface area contributed by atoms with Crippen LogP contribution in [-0.4, -0.2) is 64.4 Å². The highest BCUT2D eigenvalue weighted by molar-refractivity contribution is 5.77. The highest BCUT2D eigenvalue weighted by Gasteiger charge is 2.34. The van der Waals surface area contributed by atoms with Crippen molar-refractivity contribution in [2.75, 3.05) is 31.5 Å². The number of dihydropyridines is 1. The van der Waals surface area contributed by atoms with Crippen LogP contribution in [0.4, 0.5) is 10.6 Å². The molecule has 2 atom stereocenters. The summed E-state index contributed by atoms with van der Waals surface area (Å²) in [5, 5.41) is 15.9. The Bertz CT molecular complexity index is 806. The molecule has 29 heavy (non-hydrogen) atoms. The second-order valence-electron chi connectivity index (χ2n) is 7.95. The number of aromatic nitrogens is 1. The Labute approximate surface area is 172 Å².